The highest BCUT2D eigenvalue weighted by atomic mass is 15.0. The summed E-state index contributed by atoms with van der Waals surface area (Å²) in [6, 6.07) is 152. The topological polar surface area (TPSA) is 19.7 Å². The van der Waals surface area contributed by atoms with E-state index in [0.717, 1.165) is 22.7 Å². The van der Waals surface area contributed by atoms with Gasteiger partial charge in [-0.25, -0.2) is 0 Å². The van der Waals surface area contributed by atoms with E-state index >= 15 is 0 Å². The third-order valence-electron chi connectivity index (χ3n) is 25.8. The molecule has 556 valence electrons. The number of fused-ring (bicyclic) bond motifs is 20. The lowest BCUT2D eigenvalue weighted by Gasteiger charge is -2.22. The lowest BCUT2D eigenvalue weighted by Crippen LogP contribution is -2.15. The molecule has 2 aliphatic rings. The fourth-order valence-electron chi connectivity index (χ4n) is 20.3. The van der Waals surface area contributed by atoms with Crippen LogP contribution < -0.4 is 0 Å². The van der Waals surface area contributed by atoms with Gasteiger partial charge in [0.2, 0.25) is 0 Å². The van der Waals surface area contributed by atoms with E-state index in [1.807, 2.05) is 0 Å². The molecule has 4 heterocycles. The Morgan fingerprint density at radius 1 is 0.169 bits per heavy atom. The highest BCUT2D eigenvalue weighted by molar-refractivity contribution is 6.20. The van der Waals surface area contributed by atoms with Gasteiger partial charge in [-0.15, -0.1) is 0 Å². The van der Waals surface area contributed by atoms with Crippen LogP contribution in [0.5, 0.6) is 0 Å². The van der Waals surface area contributed by atoms with E-state index < -0.39 is 0 Å². The molecule has 2 aliphatic carbocycles. The number of hydrogen-bond donors (Lipinski definition) is 0. The maximum atomic E-state index is 2.49. The normalized spacial score (nSPS) is 13.1. The molecular formula is C114H80N4. The van der Waals surface area contributed by atoms with Crippen molar-refractivity contribution in [3.05, 3.63) is 435 Å². The molecule has 0 saturated heterocycles. The first-order valence-electron chi connectivity index (χ1n) is 41.2. The summed E-state index contributed by atoms with van der Waals surface area (Å²) in [6.07, 6.45) is 0. The Hall–Kier alpha value is -14.8. The first kappa shape index (κ1) is 68.7. The Morgan fingerprint density at radius 3 is 0.898 bits per heavy atom. The quantitative estimate of drug-likeness (QED) is 0.130. The summed E-state index contributed by atoms with van der Waals surface area (Å²) in [7, 11) is 0. The average molecular weight is 1510 g/mol. The average Bonchev–Trinajstić information content (AvgIpc) is 1.54. The maximum Gasteiger partial charge on any atom is 0.0547 e. The van der Waals surface area contributed by atoms with Crippen molar-refractivity contribution in [3.8, 4) is 112 Å². The zero-order chi connectivity index (χ0) is 78.5. The number of hydrogen-bond acceptors (Lipinski definition) is 0. The van der Waals surface area contributed by atoms with Gasteiger partial charge in [0.15, 0.2) is 0 Å². The molecule has 24 rings (SSSR count). The molecule has 0 bridgehead atoms. The Morgan fingerprint density at radius 2 is 0.466 bits per heavy atom. The van der Waals surface area contributed by atoms with Gasteiger partial charge in [-0.3, -0.25) is 0 Å². The Bertz CT molecular complexity index is 7840. The number of benzene rings is 18. The Labute approximate surface area is 685 Å². The standard InChI is InChI=1S/2C57H40N2/c1-57(2)49-25-11-9-24-46(49)55-50(57)29-32-54-56(55)48-36-42(28-31-53(48)59(54)44-22-14-20-40(34-44)38-17-7-4-8-18-38)41-27-30-52-47(35-41)45-23-10-12-26-51(45)58(52)43-21-13-19-39(33-43)37-15-5-3-6-16-37;1-57(2)50-25-11-9-23-45(50)47-29-32-54-55(56(47)57)49-36-42(28-31-53(49)59(54)44-22-14-20-40(34-44)38-17-7-4-8-18-38)41-27-30-52-48(35-41)46-24-10-12-26-51(46)58(52)43-21-13-19-39(33-43)37-15-5-3-6-16-37/h2*3-36H,1-2H3. The van der Waals surface area contributed by atoms with Crippen molar-refractivity contribution in [1.29, 1.82) is 0 Å². The van der Waals surface area contributed by atoms with Crippen LogP contribution in [0.25, 0.3) is 199 Å². The fraction of sp³-hybridized carbons (Fsp3) is 0.0526. The first-order chi connectivity index (χ1) is 58.1. The van der Waals surface area contributed by atoms with Crippen molar-refractivity contribution < 1.29 is 0 Å². The molecule has 4 heteroatoms. The van der Waals surface area contributed by atoms with Crippen molar-refractivity contribution in [1.82, 2.24) is 18.3 Å². The molecule has 0 spiro atoms. The van der Waals surface area contributed by atoms with Gasteiger partial charge in [0.05, 0.1) is 44.1 Å². The van der Waals surface area contributed by atoms with E-state index in [-0.39, 0.29) is 10.8 Å². The first-order valence-corrected chi connectivity index (χ1v) is 41.2. The van der Waals surface area contributed by atoms with Crippen LogP contribution in [0, 0.1) is 0 Å². The van der Waals surface area contributed by atoms with Gasteiger partial charge in [0.25, 0.3) is 0 Å². The zero-order valence-corrected chi connectivity index (χ0v) is 66.0. The van der Waals surface area contributed by atoms with E-state index in [1.165, 1.54) is 198 Å². The summed E-state index contributed by atoms with van der Waals surface area (Å²) in [5.41, 5.74) is 39.6. The molecule has 0 radical (unpaired) electrons. The second-order valence-corrected chi connectivity index (χ2v) is 33.1. The lowest BCUT2D eigenvalue weighted by atomic mass is 9.80. The van der Waals surface area contributed by atoms with Crippen LogP contribution >= 0.6 is 0 Å². The molecule has 0 amide bonds. The van der Waals surface area contributed by atoms with Crippen LogP contribution in [0.2, 0.25) is 0 Å². The van der Waals surface area contributed by atoms with E-state index in [2.05, 4.69) is 458 Å². The molecule has 4 aromatic heterocycles. The molecule has 0 N–H and O–H groups in total. The highest BCUT2D eigenvalue weighted by Gasteiger charge is 2.40. The van der Waals surface area contributed by atoms with Gasteiger partial charge >= 0.3 is 0 Å². The van der Waals surface area contributed by atoms with E-state index in [9.17, 15) is 0 Å². The second kappa shape index (κ2) is 26.9. The van der Waals surface area contributed by atoms with Crippen LogP contribution in [0.4, 0.5) is 0 Å². The van der Waals surface area contributed by atoms with Gasteiger partial charge in [-0.1, -0.05) is 319 Å². The number of nitrogens with zero attached hydrogens (tertiary/aromatic N) is 4. The minimum atomic E-state index is -0.162. The molecule has 0 unspecified atom stereocenters. The molecule has 22 aromatic rings. The fourth-order valence-corrected chi connectivity index (χ4v) is 20.3. The molecule has 118 heavy (non-hydrogen) atoms. The van der Waals surface area contributed by atoms with Crippen LogP contribution in [0.15, 0.2) is 413 Å². The minimum Gasteiger partial charge on any atom is -0.309 e. The predicted molar refractivity (Wildman–Crippen MR) is 498 cm³/mol. The van der Waals surface area contributed by atoms with Crippen molar-refractivity contribution in [2.75, 3.05) is 0 Å². The molecule has 18 aromatic carbocycles. The minimum absolute atomic E-state index is 0.0980. The third-order valence-corrected chi connectivity index (χ3v) is 25.8. The molecule has 4 nitrogen and oxygen atoms in total. The smallest absolute Gasteiger partial charge is 0.0547 e. The Balaban J connectivity index is 0.000000138. The van der Waals surface area contributed by atoms with Crippen molar-refractivity contribution >= 4 is 87.2 Å². The van der Waals surface area contributed by atoms with Crippen LogP contribution in [-0.2, 0) is 10.8 Å². The second-order valence-electron chi connectivity index (χ2n) is 33.1. The zero-order valence-electron chi connectivity index (χ0n) is 66.0. The van der Waals surface area contributed by atoms with Crippen LogP contribution in [0.3, 0.4) is 0 Å². The summed E-state index contributed by atoms with van der Waals surface area (Å²) in [5, 5.41) is 10.2. The summed E-state index contributed by atoms with van der Waals surface area (Å²) in [5.74, 6) is 0. The van der Waals surface area contributed by atoms with E-state index in [4.69, 9.17) is 0 Å². The summed E-state index contributed by atoms with van der Waals surface area (Å²) in [4.78, 5) is 0. The molecule has 0 atom stereocenters. The highest BCUT2D eigenvalue weighted by Crippen LogP contribution is 2.56. The largest absolute Gasteiger partial charge is 0.309 e. The molecule has 0 fully saturated rings. The number of aromatic nitrogens is 4. The van der Waals surface area contributed by atoms with Gasteiger partial charge < -0.3 is 18.3 Å². The van der Waals surface area contributed by atoms with Crippen molar-refractivity contribution in [3.63, 3.8) is 0 Å². The van der Waals surface area contributed by atoms with Crippen molar-refractivity contribution in [2.24, 2.45) is 0 Å². The predicted octanol–water partition coefficient (Wildman–Crippen LogP) is 30.4. The summed E-state index contributed by atoms with van der Waals surface area (Å²) >= 11 is 0. The number of rotatable bonds is 10. The summed E-state index contributed by atoms with van der Waals surface area (Å²) in [6.45, 7) is 9.56. The van der Waals surface area contributed by atoms with Crippen molar-refractivity contribution in [2.45, 2.75) is 38.5 Å². The van der Waals surface area contributed by atoms with Gasteiger partial charge in [0, 0.05) is 76.7 Å². The molecule has 0 aliphatic heterocycles. The van der Waals surface area contributed by atoms with Crippen LogP contribution in [0.1, 0.15) is 49.9 Å². The maximum absolute atomic E-state index is 2.49. The van der Waals surface area contributed by atoms with Gasteiger partial charge in [0.1, 0.15) is 0 Å². The summed E-state index contributed by atoms with van der Waals surface area (Å²) < 4.78 is 9.81. The van der Waals surface area contributed by atoms with Gasteiger partial charge in [-0.2, -0.15) is 0 Å². The van der Waals surface area contributed by atoms with E-state index in [0.29, 0.717) is 0 Å². The van der Waals surface area contributed by atoms with Crippen LogP contribution in [-0.4, -0.2) is 18.3 Å². The number of para-hydroxylation sites is 2. The van der Waals surface area contributed by atoms with Gasteiger partial charge in [-0.05, 0) is 233 Å². The SMILES string of the molecule is CC1(C)c2ccccc2-c2c1ccc1c2c2cc(-c3ccc4c(c3)c3ccccc3n4-c3cccc(-c4ccccc4)c3)ccc2n1-c1cccc(-c2ccccc2)c1.CC1(C)c2ccccc2-c2ccc3c(c21)c1cc(-c2ccc4c(c2)c2ccccc2n4-c2cccc(-c4ccccc4)c2)ccc1n3-c1cccc(-c2ccccc2)c1. The van der Waals surface area contributed by atoms with E-state index in [1.54, 1.807) is 0 Å². The third kappa shape index (κ3) is 10.8. The Kier molecular flexibility index (Phi) is 15.7. The molecule has 0 saturated carbocycles. The molecular weight excluding hydrogens is 1430 g/mol. The monoisotopic (exact) mass is 1500 g/mol. The lowest BCUT2D eigenvalue weighted by molar-refractivity contribution is 0.661.